The first-order chi connectivity index (χ1) is 7.86. The lowest BCUT2D eigenvalue weighted by Crippen LogP contribution is -2.30. The van der Waals surface area contributed by atoms with E-state index in [-0.39, 0.29) is 11.3 Å². The van der Waals surface area contributed by atoms with Crippen molar-refractivity contribution in [1.29, 1.82) is 0 Å². The topological polar surface area (TPSA) is 55.1 Å². The Balaban J connectivity index is 2.86. The summed E-state index contributed by atoms with van der Waals surface area (Å²) in [5.41, 5.74) is 6.65. The van der Waals surface area contributed by atoms with Gasteiger partial charge in [-0.25, -0.2) is 0 Å². The molecule has 0 aliphatic heterocycles. The van der Waals surface area contributed by atoms with Crippen LogP contribution in [0.4, 0.5) is 5.69 Å². The van der Waals surface area contributed by atoms with Gasteiger partial charge in [0.25, 0.3) is 0 Å². The van der Waals surface area contributed by atoms with E-state index in [0.717, 1.165) is 17.7 Å². The highest BCUT2D eigenvalue weighted by atomic mass is 32.1. The third-order valence-electron chi connectivity index (χ3n) is 2.90. The highest BCUT2D eigenvalue weighted by molar-refractivity contribution is 7.80. The Morgan fingerprint density at radius 3 is 2.65 bits per heavy atom. The predicted octanol–water partition coefficient (Wildman–Crippen LogP) is 2.70. The Labute approximate surface area is 107 Å². The molecule has 1 amide bonds. The molecule has 0 aromatic heterocycles. The fraction of sp³-hybridized carbons (Fsp3) is 0.385. The van der Waals surface area contributed by atoms with E-state index in [1.807, 2.05) is 39.0 Å². The van der Waals surface area contributed by atoms with Crippen LogP contribution in [-0.2, 0) is 4.79 Å². The molecular weight excluding hydrogens is 232 g/mol. The van der Waals surface area contributed by atoms with E-state index in [0.29, 0.717) is 4.99 Å². The minimum atomic E-state index is -0.376. The van der Waals surface area contributed by atoms with Gasteiger partial charge in [0, 0.05) is 16.7 Å². The zero-order chi connectivity index (χ0) is 13.1. The molecule has 1 rings (SSSR count). The Kier molecular flexibility index (Phi) is 4.23. The van der Waals surface area contributed by atoms with Crippen molar-refractivity contribution in [3.8, 4) is 0 Å². The van der Waals surface area contributed by atoms with E-state index in [1.165, 1.54) is 0 Å². The van der Waals surface area contributed by atoms with Gasteiger partial charge in [-0.3, -0.25) is 4.79 Å². The third-order valence-corrected chi connectivity index (χ3v) is 3.14. The Hall–Kier alpha value is -1.42. The lowest BCUT2D eigenvalue weighted by molar-refractivity contribution is -0.124. The minimum Gasteiger partial charge on any atom is -0.389 e. The summed E-state index contributed by atoms with van der Waals surface area (Å²) in [6.07, 6.45) is 0.786. The second kappa shape index (κ2) is 5.27. The number of carbonyl (C=O) groups excluding carboxylic acids is 1. The van der Waals surface area contributed by atoms with E-state index >= 15 is 0 Å². The maximum absolute atomic E-state index is 12.0. The van der Waals surface area contributed by atoms with Gasteiger partial charge in [-0.2, -0.15) is 0 Å². The molecule has 0 bridgehead atoms. The molecule has 0 unspecified atom stereocenters. The number of nitrogens with one attached hydrogen (secondary N) is 1. The summed E-state index contributed by atoms with van der Waals surface area (Å²) in [5.74, 6) is 0.0000831. The van der Waals surface area contributed by atoms with Gasteiger partial charge in [0.15, 0.2) is 0 Å². The zero-order valence-electron chi connectivity index (χ0n) is 10.4. The third kappa shape index (κ3) is 3.53. The molecule has 1 aromatic carbocycles. The highest BCUT2D eigenvalue weighted by Gasteiger charge is 2.25. The molecular formula is C13H18N2OS. The molecule has 0 radical (unpaired) electrons. The maximum atomic E-state index is 12.0. The summed E-state index contributed by atoms with van der Waals surface area (Å²) < 4.78 is 0. The van der Waals surface area contributed by atoms with E-state index in [9.17, 15) is 4.79 Å². The van der Waals surface area contributed by atoms with Crippen molar-refractivity contribution >= 4 is 28.8 Å². The largest absolute Gasteiger partial charge is 0.389 e. The number of nitrogens with two attached hydrogens (primary N) is 1. The average molecular weight is 250 g/mol. The number of thiocarbonyl (C=S) groups is 1. The van der Waals surface area contributed by atoms with Crippen LogP contribution in [0.5, 0.6) is 0 Å². The van der Waals surface area contributed by atoms with Crippen LogP contribution >= 0.6 is 12.2 Å². The standard InChI is InChI=1S/C13H18N2OS/c1-4-13(2,3)12(16)15-10-7-5-6-9(8-10)11(14)17/h5-8H,4H2,1-3H3,(H2,14,17)(H,15,16). The van der Waals surface area contributed by atoms with Crippen molar-refractivity contribution in [2.24, 2.45) is 11.1 Å². The SMILES string of the molecule is CCC(C)(C)C(=O)Nc1cccc(C(N)=S)c1. The molecule has 4 heteroatoms. The predicted molar refractivity (Wildman–Crippen MR) is 75.0 cm³/mol. The molecule has 3 nitrogen and oxygen atoms in total. The molecule has 0 heterocycles. The summed E-state index contributed by atoms with van der Waals surface area (Å²) in [5, 5.41) is 2.87. The first-order valence-corrected chi connectivity index (χ1v) is 5.99. The first kappa shape index (κ1) is 13.6. The highest BCUT2D eigenvalue weighted by Crippen LogP contribution is 2.22. The average Bonchev–Trinajstić information content (AvgIpc) is 2.29. The van der Waals surface area contributed by atoms with Crippen molar-refractivity contribution in [3.63, 3.8) is 0 Å². The molecule has 92 valence electrons. The summed E-state index contributed by atoms with van der Waals surface area (Å²) in [7, 11) is 0. The van der Waals surface area contributed by atoms with E-state index in [1.54, 1.807) is 6.07 Å². The van der Waals surface area contributed by atoms with Crippen molar-refractivity contribution in [2.45, 2.75) is 27.2 Å². The number of carbonyl (C=O) groups is 1. The number of rotatable bonds is 4. The number of hydrogen-bond donors (Lipinski definition) is 2. The van der Waals surface area contributed by atoms with E-state index in [2.05, 4.69) is 5.32 Å². The van der Waals surface area contributed by atoms with Crippen LogP contribution in [0.2, 0.25) is 0 Å². The van der Waals surface area contributed by atoms with Gasteiger partial charge in [-0.05, 0) is 18.6 Å². The van der Waals surface area contributed by atoms with Crippen LogP contribution in [0, 0.1) is 5.41 Å². The Morgan fingerprint density at radius 2 is 2.12 bits per heavy atom. The number of anilines is 1. The second-order valence-corrected chi connectivity index (χ2v) is 5.08. The Morgan fingerprint density at radius 1 is 1.47 bits per heavy atom. The number of amides is 1. The molecule has 0 aliphatic rings. The number of hydrogen-bond acceptors (Lipinski definition) is 2. The van der Waals surface area contributed by atoms with E-state index < -0.39 is 0 Å². The quantitative estimate of drug-likeness (QED) is 0.808. The van der Waals surface area contributed by atoms with Crippen LogP contribution in [0.3, 0.4) is 0 Å². The van der Waals surface area contributed by atoms with Gasteiger partial charge in [-0.15, -0.1) is 0 Å². The summed E-state index contributed by atoms with van der Waals surface area (Å²) in [6, 6.07) is 7.25. The summed E-state index contributed by atoms with van der Waals surface area (Å²) >= 11 is 4.90. The van der Waals surface area contributed by atoms with Crippen molar-refractivity contribution in [3.05, 3.63) is 29.8 Å². The fourth-order valence-electron chi connectivity index (χ4n) is 1.21. The van der Waals surface area contributed by atoms with Gasteiger partial charge in [0.1, 0.15) is 4.99 Å². The van der Waals surface area contributed by atoms with Gasteiger partial charge < -0.3 is 11.1 Å². The molecule has 0 atom stereocenters. The molecule has 0 spiro atoms. The summed E-state index contributed by atoms with van der Waals surface area (Å²) in [4.78, 5) is 12.3. The molecule has 0 saturated carbocycles. The van der Waals surface area contributed by atoms with Gasteiger partial charge in [0.05, 0.1) is 0 Å². The van der Waals surface area contributed by atoms with E-state index in [4.69, 9.17) is 18.0 Å². The number of benzene rings is 1. The normalized spacial score (nSPS) is 11.0. The van der Waals surface area contributed by atoms with Crippen molar-refractivity contribution in [1.82, 2.24) is 0 Å². The molecule has 0 aliphatic carbocycles. The van der Waals surface area contributed by atoms with Crippen LogP contribution in [0.1, 0.15) is 32.8 Å². The lowest BCUT2D eigenvalue weighted by Gasteiger charge is -2.21. The van der Waals surface area contributed by atoms with Crippen LogP contribution in [-0.4, -0.2) is 10.9 Å². The van der Waals surface area contributed by atoms with Crippen LogP contribution in [0.25, 0.3) is 0 Å². The van der Waals surface area contributed by atoms with Gasteiger partial charge >= 0.3 is 0 Å². The van der Waals surface area contributed by atoms with Gasteiger partial charge in [-0.1, -0.05) is 45.1 Å². The van der Waals surface area contributed by atoms with Crippen LogP contribution < -0.4 is 11.1 Å². The monoisotopic (exact) mass is 250 g/mol. The van der Waals surface area contributed by atoms with Crippen LogP contribution in [0.15, 0.2) is 24.3 Å². The second-order valence-electron chi connectivity index (χ2n) is 4.64. The lowest BCUT2D eigenvalue weighted by atomic mass is 9.89. The maximum Gasteiger partial charge on any atom is 0.230 e. The smallest absolute Gasteiger partial charge is 0.230 e. The Bertz CT molecular complexity index is 441. The molecule has 3 N–H and O–H groups in total. The summed E-state index contributed by atoms with van der Waals surface area (Å²) in [6.45, 7) is 5.82. The molecule has 1 aromatic rings. The molecule has 0 fully saturated rings. The molecule has 17 heavy (non-hydrogen) atoms. The fourth-order valence-corrected chi connectivity index (χ4v) is 1.34. The minimum absolute atomic E-state index is 0.0000831. The molecule has 0 saturated heterocycles. The van der Waals surface area contributed by atoms with Gasteiger partial charge in [0.2, 0.25) is 5.91 Å². The van der Waals surface area contributed by atoms with Crippen molar-refractivity contribution < 1.29 is 4.79 Å². The first-order valence-electron chi connectivity index (χ1n) is 5.58. The zero-order valence-corrected chi connectivity index (χ0v) is 11.2. The van der Waals surface area contributed by atoms with Crippen molar-refractivity contribution in [2.75, 3.05) is 5.32 Å².